The van der Waals surface area contributed by atoms with Gasteiger partial charge in [-0.2, -0.15) is 13.2 Å². The summed E-state index contributed by atoms with van der Waals surface area (Å²) in [6.07, 6.45) is -2.76. The lowest BCUT2D eigenvalue weighted by Crippen LogP contribution is -2.39. The summed E-state index contributed by atoms with van der Waals surface area (Å²) >= 11 is 5.83. The summed E-state index contributed by atoms with van der Waals surface area (Å²) in [7, 11) is 0. The quantitative estimate of drug-likeness (QED) is 0.646. The summed E-state index contributed by atoms with van der Waals surface area (Å²) < 4.78 is 40.7. The predicted molar refractivity (Wildman–Crippen MR) is 117 cm³/mol. The van der Waals surface area contributed by atoms with Gasteiger partial charge in [-0.25, -0.2) is 4.98 Å². The van der Waals surface area contributed by atoms with Crippen molar-refractivity contribution in [1.82, 2.24) is 10.3 Å². The highest BCUT2D eigenvalue weighted by Crippen LogP contribution is 2.37. The predicted octanol–water partition coefficient (Wildman–Crippen LogP) is 5.02. The Bertz CT molecular complexity index is 974. The number of nitrogens with one attached hydrogen (secondary N) is 2. The zero-order chi connectivity index (χ0) is 23.5. The standard InChI is InChI=1S/C22H24ClF3N4O2/c1-13(2)15-3-5-17(29-20(31)14-7-9-27-10-8-14)18(11-15)30(21(32)22(24,25)26)19-6-4-16(23)12-28-19/h3-6,11-14,27H,7-10H2,1-2H3,(H,29,31). The Balaban J connectivity index is 2.10. The highest BCUT2D eigenvalue weighted by atomic mass is 35.5. The Morgan fingerprint density at radius 1 is 1.19 bits per heavy atom. The summed E-state index contributed by atoms with van der Waals surface area (Å²) in [5.74, 6) is -2.97. The van der Waals surface area contributed by atoms with E-state index in [0.717, 1.165) is 6.20 Å². The Labute approximate surface area is 189 Å². The molecule has 1 fully saturated rings. The number of amides is 2. The number of piperidine rings is 1. The van der Waals surface area contributed by atoms with E-state index in [1.807, 2.05) is 13.8 Å². The van der Waals surface area contributed by atoms with Crippen molar-refractivity contribution in [2.45, 2.75) is 38.8 Å². The first-order chi connectivity index (χ1) is 15.1. The van der Waals surface area contributed by atoms with Crippen molar-refractivity contribution in [2.24, 2.45) is 5.92 Å². The van der Waals surface area contributed by atoms with Gasteiger partial charge in [-0.05, 0) is 61.7 Å². The summed E-state index contributed by atoms with van der Waals surface area (Å²) in [5, 5.41) is 6.11. The van der Waals surface area contributed by atoms with E-state index in [1.165, 1.54) is 24.3 Å². The van der Waals surface area contributed by atoms with Gasteiger partial charge in [0.05, 0.1) is 16.4 Å². The van der Waals surface area contributed by atoms with E-state index >= 15 is 0 Å². The molecule has 1 aromatic heterocycles. The number of carbonyl (C=O) groups excluding carboxylic acids is 2. The number of aromatic nitrogens is 1. The maximum absolute atomic E-state index is 13.6. The largest absolute Gasteiger partial charge is 0.472 e. The molecule has 2 N–H and O–H groups in total. The molecular formula is C22H24ClF3N4O2. The number of rotatable bonds is 5. The van der Waals surface area contributed by atoms with Gasteiger partial charge >= 0.3 is 12.1 Å². The van der Waals surface area contributed by atoms with Crippen molar-refractivity contribution in [3.8, 4) is 0 Å². The Morgan fingerprint density at radius 2 is 1.88 bits per heavy atom. The molecule has 0 spiro atoms. The van der Waals surface area contributed by atoms with Gasteiger partial charge < -0.3 is 10.6 Å². The molecule has 2 aromatic rings. The summed E-state index contributed by atoms with van der Waals surface area (Å²) in [6.45, 7) is 5.13. The minimum absolute atomic E-state index is 0.0241. The van der Waals surface area contributed by atoms with Crippen LogP contribution in [0.4, 0.5) is 30.4 Å². The molecule has 10 heteroatoms. The molecule has 1 aromatic carbocycles. The number of alkyl halides is 3. The van der Waals surface area contributed by atoms with Crippen molar-refractivity contribution in [3.05, 3.63) is 47.1 Å². The second kappa shape index (κ2) is 9.87. The van der Waals surface area contributed by atoms with Crippen LogP contribution in [0.2, 0.25) is 5.02 Å². The Morgan fingerprint density at radius 3 is 2.44 bits per heavy atom. The maximum Gasteiger partial charge on any atom is 0.472 e. The smallest absolute Gasteiger partial charge is 0.324 e. The van der Waals surface area contributed by atoms with Crippen LogP contribution >= 0.6 is 11.6 Å². The van der Waals surface area contributed by atoms with Crippen LogP contribution in [0, 0.1) is 5.92 Å². The SMILES string of the molecule is CC(C)c1ccc(NC(=O)C2CCNCC2)c(N(C(=O)C(F)(F)F)c2ccc(Cl)cn2)c1. The fourth-order valence-corrected chi connectivity index (χ4v) is 3.59. The van der Waals surface area contributed by atoms with Crippen LogP contribution in [0.3, 0.4) is 0 Å². The fourth-order valence-electron chi connectivity index (χ4n) is 3.48. The number of anilines is 3. The average Bonchev–Trinajstić information content (AvgIpc) is 2.76. The lowest BCUT2D eigenvalue weighted by molar-refractivity contribution is -0.169. The van der Waals surface area contributed by atoms with E-state index in [2.05, 4.69) is 15.6 Å². The molecule has 0 bridgehead atoms. The topological polar surface area (TPSA) is 74.3 Å². The Hall–Kier alpha value is -2.65. The van der Waals surface area contributed by atoms with Gasteiger partial charge in [-0.3, -0.25) is 14.5 Å². The third kappa shape index (κ3) is 5.58. The molecule has 2 amide bonds. The molecule has 172 valence electrons. The van der Waals surface area contributed by atoms with E-state index in [4.69, 9.17) is 11.6 Å². The van der Waals surface area contributed by atoms with Crippen molar-refractivity contribution < 1.29 is 22.8 Å². The third-order valence-electron chi connectivity index (χ3n) is 5.28. The number of halogens is 4. The normalized spacial score (nSPS) is 15.0. The van der Waals surface area contributed by atoms with Crippen LogP contribution in [0.25, 0.3) is 0 Å². The summed E-state index contributed by atoms with van der Waals surface area (Å²) in [6, 6.07) is 7.29. The number of hydrogen-bond donors (Lipinski definition) is 2. The van der Waals surface area contributed by atoms with E-state index in [9.17, 15) is 22.8 Å². The molecule has 1 saturated heterocycles. The first-order valence-corrected chi connectivity index (χ1v) is 10.6. The van der Waals surface area contributed by atoms with Gasteiger partial charge in [0, 0.05) is 12.1 Å². The monoisotopic (exact) mass is 468 g/mol. The zero-order valence-electron chi connectivity index (χ0n) is 17.7. The first-order valence-electron chi connectivity index (χ1n) is 10.3. The van der Waals surface area contributed by atoms with E-state index < -0.39 is 12.1 Å². The molecule has 0 saturated carbocycles. The van der Waals surface area contributed by atoms with Gasteiger partial charge in [0.2, 0.25) is 5.91 Å². The molecule has 6 nitrogen and oxygen atoms in total. The fraction of sp³-hybridized carbons (Fsp3) is 0.409. The van der Waals surface area contributed by atoms with E-state index in [0.29, 0.717) is 36.4 Å². The van der Waals surface area contributed by atoms with E-state index in [-0.39, 0.29) is 40.0 Å². The van der Waals surface area contributed by atoms with Crippen molar-refractivity contribution in [3.63, 3.8) is 0 Å². The molecule has 0 atom stereocenters. The lowest BCUT2D eigenvalue weighted by atomic mass is 9.96. The highest BCUT2D eigenvalue weighted by molar-refractivity contribution is 6.30. The van der Waals surface area contributed by atoms with Crippen molar-refractivity contribution in [1.29, 1.82) is 0 Å². The number of pyridine rings is 1. The summed E-state index contributed by atoms with van der Waals surface area (Å²) in [5.41, 5.74) is 0.705. The number of carbonyl (C=O) groups is 2. The van der Waals surface area contributed by atoms with Gasteiger partial charge in [-0.1, -0.05) is 31.5 Å². The van der Waals surface area contributed by atoms with Crippen LogP contribution in [-0.4, -0.2) is 36.1 Å². The molecule has 0 radical (unpaired) electrons. The van der Waals surface area contributed by atoms with E-state index in [1.54, 1.807) is 6.07 Å². The van der Waals surface area contributed by atoms with Gasteiger partial charge in [-0.15, -0.1) is 0 Å². The molecule has 32 heavy (non-hydrogen) atoms. The molecule has 3 rings (SSSR count). The molecule has 2 heterocycles. The minimum Gasteiger partial charge on any atom is -0.324 e. The van der Waals surface area contributed by atoms with Crippen LogP contribution in [0.1, 0.15) is 38.2 Å². The van der Waals surface area contributed by atoms with Crippen LogP contribution < -0.4 is 15.5 Å². The van der Waals surface area contributed by atoms with Crippen molar-refractivity contribution in [2.75, 3.05) is 23.3 Å². The van der Waals surface area contributed by atoms with Crippen LogP contribution in [0.5, 0.6) is 0 Å². The Kier molecular flexibility index (Phi) is 7.40. The lowest BCUT2D eigenvalue weighted by Gasteiger charge is -2.27. The van der Waals surface area contributed by atoms with Gasteiger partial charge in [0.15, 0.2) is 0 Å². The maximum atomic E-state index is 13.6. The summed E-state index contributed by atoms with van der Waals surface area (Å²) in [4.78, 5) is 29.7. The number of nitrogens with zero attached hydrogens (tertiary/aromatic N) is 2. The van der Waals surface area contributed by atoms with Gasteiger partial charge in [0.1, 0.15) is 5.82 Å². The minimum atomic E-state index is -5.16. The van der Waals surface area contributed by atoms with Crippen LogP contribution in [-0.2, 0) is 9.59 Å². The second-order valence-corrected chi connectivity index (χ2v) is 8.35. The zero-order valence-corrected chi connectivity index (χ0v) is 18.4. The second-order valence-electron chi connectivity index (χ2n) is 7.92. The molecule has 0 aliphatic carbocycles. The first kappa shape index (κ1) is 24.0. The molecule has 1 aliphatic rings. The average molecular weight is 469 g/mol. The van der Waals surface area contributed by atoms with Crippen LogP contribution in [0.15, 0.2) is 36.5 Å². The highest BCUT2D eigenvalue weighted by Gasteiger charge is 2.45. The van der Waals surface area contributed by atoms with Crippen molar-refractivity contribution >= 4 is 40.6 Å². The molecule has 0 unspecified atom stereocenters. The number of benzene rings is 1. The number of hydrogen-bond acceptors (Lipinski definition) is 4. The van der Waals surface area contributed by atoms with Gasteiger partial charge in [0.25, 0.3) is 0 Å². The molecule has 1 aliphatic heterocycles. The molecular weight excluding hydrogens is 445 g/mol. The third-order valence-corrected chi connectivity index (χ3v) is 5.51.